The highest BCUT2D eigenvalue weighted by molar-refractivity contribution is 7.80. The lowest BCUT2D eigenvalue weighted by Crippen LogP contribution is -2.29. The van der Waals surface area contributed by atoms with Gasteiger partial charge in [0.15, 0.2) is 5.11 Å². The van der Waals surface area contributed by atoms with Crippen molar-refractivity contribution in [2.75, 3.05) is 12.0 Å². The summed E-state index contributed by atoms with van der Waals surface area (Å²) in [5, 5.41) is 15.7. The molecule has 0 saturated carbocycles. The number of ether oxygens (including phenoxy) is 2. The van der Waals surface area contributed by atoms with Gasteiger partial charge in [0.2, 0.25) is 0 Å². The molecule has 2 atom stereocenters. The summed E-state index contributed by atoms with van der Waals surface area (Å²) in [4.78, 5) is 18.0. The second kappa shape index (κ2) is 11.6. The van der Waals surface area contributed by atoms with Gasteiger partial charge in [-0.3, -0.25) is 15.1 Å². The Balaban J connectivity index is 1.45. The van der Waals surface area contributed by atoms with Crippen LogP contribution in [0.3, 0.4) is 0 Å². The van der Waals surface area contributed by atoms with Crippen molar-refractivity contribution in [3.05, 3.63) is 136 Å². The first-order valence-electron chi connectivity index (χ1n) is 13.7. The number of non-ortho nitro benzene ring substituents is 1. The number of pyridine rings is 1. The van der Waals surface area contributed by atoms with E-state index < -0.39 is 4.92 Å². The zero-order valence-electron chi connectivity index (χ0n) is 23.8. The number of nitro benzene ring substituents is 1. The van der Waals surface area contributed by atoms with E-state index in [0.717, 1.165) is 34.1 Å². The molecule has 0 spiro atoms. The highest BCUT2D eigenvalue weighted by atomic mass is 32.1. The van der Waals surface area contributed by atoms with Gasteiger partial charge in [-0.2, -0.15) is 0 Å². The number of methoxy groups -OCH3 is 1. The van der Waals surface area contributed by atoms with E-state index in [9.17, 15) is 10.1 Å². The summed E-state index contributed by atoms with van der Waals surface area (Å²) < 4.78 is 13.6. The molecule has 0 aliphatic carbocycles. The first-order chi connectivity index (χ1) is 20.9. The van der Waals surface area contributed by atoms with Crippen LogP contribution in [0.25, 0.3) is 5.69 Å². The Bertz CT molecular complexity index is 1790. The zero-order valence-corrected chi connectivity index (χ0v) is 24.6. The van der Waals surface area contributed by atoms with Crippen molar-refractivity contribution in [1.29, 1.82) is 0 Å². The van der Waals surface area contributed by atoms with Gasteiger partial charge in [0.05, 0.1) is 35.5 Å². The quantitative estimate of drug-likeness (QED) is 0.114. The summed E-state index contributed by atoms with van der Waals surface area (Å²) in [6.45, 7) is 3.98. The van der Waals surface area contributed by atoms with E-state index in [1.807, 2.05) is 91.2 Å². The molecule has 2 aromatic heterocycles. The molecule has 3 heterocycles. The Labute approximate surface area is 254 Å². The van der Waals surface area contributed by atoms with Crippen LogP contribution in [0.15, 0.2) is 103 Å². The van der Waals surface area contributed by atoms with Crippen LogP contribution in [0.5, 0.6) is 17.2 Å². The molecule has 9 nitrogen and oxygen atoms in total. The third-order valence-electron chi connectivity index (χ3n) is 7.59. The summed E-state index contributed by atoms with van der Waals surface area (Å²) in [7, 11) is 1.56. The fourth-order valence-corrected chi connectivity index (χ4v) is 6.02. The van der Waals surface area contributed by atoms with E-state index >= 15 is 0 Å². The maximum absolute atomic E-state index is 11.6. The topological polar surface area (TPSA) is 94.7 Å². The Morgan fingerprint density at radius 1 is 0.930 bits per heavy atom. The third-order valence-corrected chi connectivity index (χ3v) is 7.91. The standard InChI is InChI=1S/C33H29N5O4S/c1-21-19-27(22(2)36(21)29-20-24(38(39)40)14-17-30(29)41-3)32-31(28-11-7-8-18-34-28)35-33(43)37(32)23-12-15-26(16-13-23)42-25-9-5-4-6-10-25/h4-20,31-32H,1-3H3,(H,35,43)/t31-,32-/m0/s1. The average molecular weight is 592 g/mol. The summed E-state index contributed by atoms with van der Waals surface area (Å²) in [6, 6.07) is 29.5. The van der Waals surface area contributed by atoms with E-state index in [4.69, 9.17) is 21.7 Å². The number of nitro groups is 1. The van der Waals surface area contributed by atoms with Crippen LogP contribution in [0.4, 0.5) is 11.4 Å². The number of anilines is 1. The fraction of sp³-hybridized carbons (Fsp3) is 0.152. The maximum Gasteiger partial charge on any atom is 0.271 e. The number of para-hydroxylation sites is 1. The molecule has 6 rings (SSSR count). The van der Waals surface area contributed by atoms with Crippen molar-refractivity contribution < 1.29 is 14.4 Å². The Morgan fingerprint density at radius 2 is 1.65 bits per heavy atom. The zero-order chi connectivity index (χ0) is 30.1. The predicted molar refractivity (Wildman–Crippen MR) is 169 cm³/mol. The molecule has 1 saturated heterocycles. The number of rotatable bonds is 8. The Kier molecular flexibility index (Phi) is 7.52. The molecule has 3 aromatic carbocycles. The second-order valence-electron chi connectivity index (χ2n) is 10.2. The number of benzene rings is 3. The van der Waals surface area contributed by atoms with Crippen molar-refractivity contribution in [1.82, 2.24) is 14.9 Å². The summed E-state index contributed by atoms with van der Waals surface area (Å²) in [5.41, 5.74) is 5.12. The summed E-state index contributed by atoms with van der Waals surface area (Å²) >= 11 is 5.93. The minimum absolute atomic E-state index is 0.0145. The van der Waals surface area contributed by atoms with Gasteiger partial charge in [-0.25, -0.2) is 0 Å². The van der Waals surface area contributed by atoms with Crippen molar-refractivity contribution >= 4 is 28.7 Å². The van der Waals surface area contributed by atoms with Gasteiger partial charge >= 0.3 is 0 Å². The fourth-order valence-electron chi connectivity index (χ4n) is 5.67. The third kappa shape index (κ3) is 5.28. The lowest BCUT2D eigenvalue weighted by atomic mass is 9.96. The molecular weight excluding hydrogens is 562 g/mol. The summed E-state index contributed by atoms with van der Waals surface area (Å²) in [6.07, 6.45) is 1.77. The van der Waals surface area contributed by atoms with Crippen molar-refractivity contribution in [2.45, 2.75) is 25.9 Å². The normalized spacial score (nSPS) is 16.2. The molecule has 1 fully saturated rings. The number of hydrogen-bond donors (Lipinski definition) is 1. The lowest BCUT2D eigenvalue weighted by Gasteiger charge is -2.28. The van der Waals surface area contributed by atoms with Crippen LogP contribution in [-0.2, 0) is 0 Å². The minimum Gasteiger partial charge on any atom is -0.495 e. The molecule has 5 aromatic rings. The number of thiocarbonyl (C=S) groups is 1. The Morgan fingerprint density at radius 3 is 2.33 bits per heavy atom. The smallest absolute Gasteiger partial charge is 0.271 e. The van der Waals surface area contributed by atoms with Crippen molar-refractivity contribution in [2.24, 2.45) is 0 Å². The van der Waals surface area contributed by atoms with Gasteiger partial charge in [-0.05, 0) is 92.3 Å². The molecule has 0 unspecified atom stereocenters. The molecule has 10 heteroatoms. The van der Waals surface area contributed by atoms with Crippen LogP contribution < -0.4 is 19.7 Å². The molecule has 1 N–H and O–H groups in total. The first-order valence-corrected chi connectivity index (χ1v) is 14.1. The highest BCUT2D eigenvalue weighted by Gasteiger charge is 2.42. The average Bonchev–Trinajstić information content (AvgIpc) is 3.52. The molecule has 1 aliphatic rings. The SMILES string of the molecule is COc1ccc([N+](=O)[O-])cc1-n1c(C)cc([C@H]2[C@H](c3ccccn3)NC(=S)N2c2ccc(Oc3ccccc3)cc2)c1C. The highest BCUT2D eigenvalue weighted by Crippen LogP contribution is 2.44. The van der Waals surface area contributed by atoms with E-state index in [2.05, 4.69) is 21.3 Å². The maximum atomic E-state index is 11.6. The minimum atomic E-state index is -0.401. The van der Waals surface area contributed by atoms with Gasteiger partial charge in [0.1, 0.15) is 17.2 Å². The monoisotopic (exact) mass is 591 g/mol. The number of aryl methyl sites for hydroxylation is 1. The van der Waals surface area contributed by atoms with Crippen LogP contribution in [0, 0.1) is 24.0 Å². The number of nitrogens with one attached hydrogen (secondary N) is 1. The molecule has 0 amide bonds. The number of nitrogens with zero attached hydrogens (tertiary/aromatic N) is 4. The lowest BCUT2D eigenvalue weighted by molar-refractivity contribution is -0.384. The second-order valence-corrected chi connectivity index (χ2v) is 10.6. The molecule has 0 bridgehead atoms. The molecule has 0 radical (unpaired) electrons. The number of aromatic nitrogens is 2. The predicted octanol–water partition coefficient (Wildman–Crippen LogP) is 7.38. The van der Waals surface area contributed by atoms with Gasteiger partial charge in [0.25, 0.3) is 5.69 Å². The van der Waals surface area contributed by atoms with Crippen LogP contribution >= 0.6 is 12.2 Å². The first kappa shape index (κ1) is 27.9. The van der Waals surface area contributed by atoms with Crippen LogP contribution in [0.2, 0.25) is 0 Å². The number of hydrogen-bond acceptors (Lipinski definition) is 6. The molecule has 1 aliphatic heterocycles. The molecule has 216 valence electrons. The molecule has 43 heavy (non-hydrogen) atoms. The van der Waals surface area contributed by atoms with E-state index in [0.29, 0.717) is 22.3 Å². The van der Waals surface area contributed by atoms with E-state index in [-0.39, 0.29) is 17.8 Å². The van der Waals surface area contributed by atoms with Gasteiger partial charge < -0.3 is 24.3 Å². The van der Waals surface area contributed by atoms with Gasteiger partial charge in [-0.15, -0.1) is 0 Å². The summed E-state index contributed by atoms with van der Waals surface area (Å²) in [5.74, 6) is 2.00. The molecular formula is C33H29N5O4S. The van der Waals surface area contributed by atoms with Gasteiger partial charge in [-0.1, -0.05) is 24.3 Å². The van der Waals surface area contributed by atoms with Crippen molar-refractivity contribution in [3.8, 4) is 22.9 Å². The van der Waals surface area contributed by atoms with Crippen LogP contribution in [-0.4, -0.2) is 26.7 Å². The van der Waals surface area contributed by atoms with Crippen LogP contribution in [0.1, 0.15) is 34.7 Å². The van der Waals surface area contributed by atoms with E-state index in [1.54, 1.807) is 25.4 Å². The largest absolute Gasteiger partial charge is 0.495 e. The van der Waals surface area contributed by atoms with E-state index in [1.165, 1.54) is 6.07 Å². The Hall–Kier alpha value is -5.22. The van der Waals surface area contributed by atoms with Gasteiger partial charge in [0, 0.05) is 35.4 Å². The van der Waals surface area contributed by atoms with Crippen molar-refractivity contribution in [3.63, 3.8) is 0 Å².